The first-order chi connectivity index (χ1) is 8.66. The zero-order valence-electron chi connectivity index (χ0n) is 11.1. The summed E-state index contributed by atoms with van der Waals surface area (Å²) >= 11 is 0. The first-order valence-corrected chi connectivity index (χ1v) is 6.28. The van der Waals surface area contributed by atoms with Gasteiger partial charge in [0.2, 0.25) is 0 Å². The van der Waals surface area contributed by atoms with Crippen LogP contribution < -0.4 is 4.74 Å². The summed E-state index contributed by atoms with van der Waals surface area (Å²) in [4.78, 5) is 4.14. The molecule has 0 aliphatic carbocycles. The molecule has 3 nitrogen and oxygen atoms in total. The number of aryl methyl sites for hydroxylation is 1. The smallest absolute Gasteiger partial charge is 0.181 e. The van der Waals surface area contributed by atoms with Crippen LogP contribution in [0.25, 0.3) is 0 Å². The minimum absolute atomic E-state index is 0.553. The summed E-state index contributed by atoms with van der Waals surface area (Å²) in [6, 6.07) is 8.26. The lowest BCUT2D eigenvalue weighted by atomic mass is 10.0. The second kappa shape index (κ2) is 5.71. The van der Waals surface area contributed by atoms with E-state index in [9.17, 15) is 0 Å². The normalized spacial score (nSPS) is 10.9. The lowest BCUT2D eigenvalue weighted by Gasteiger charge is -2.08. The molecule has 0 bridgehead atoms. The molecule has 2 rings (SSSR count). The maximum atomic E-state index is 5.69. The summed E-state index contributed by atoms with van der Waals surface area (Å²) < 4.78 is 10.8. The van der Waals surface area contributed by atoms with Crippen LogP contribution in [0.2, 0.25) is 0 Å². The molecule has 0 radical (unpaired) electrons. The van der Waals surface area contributed by atoms with Crippen molar-refractivity contribution in [2.75, 3.05) is 6.61 Å². The van der Waals surface area contributed by atoms with Crippen LogP contribution in [-0.2, 0) is 6.42 Å². The highest BCUT2D eigenvalue weighted by atomic mass is 16.5. The molecule has 0 fully saturated rings. The Kier molecular flexibility index (Phi) is 4.03. The van der Waals surface area contributed by atoms with E-state index in [1.54, 1.807) is 0 Å². The predicted octanol–water partition coefficient (Wildman–Crippen LogP) is 3.73. The molecule has 0 saturated carbocycles. The number of aromatic nitrogens is 1. The van der Waals surface area contributed by atoms with Gasteiger partial charge in [-0.05, 0) is 30.5 Å². The third-order valence-corrected chi connectivity index (χ3v) is 3.00. The Labute approximate surface area is 108 Å². The van der Waals surface area contributed by atoms with E-state index < -0.39 is 0 Å². The van der Waals surface area contributed by atoms with Crippen LogP contribution in [-0.4, -0.2) is 11.6 Å². The van der Waals surface area contributed by atoms with Crippen molar-refractivity contribution in [1.29, 1.82) is 0 Å². The second-order valence-corrected chi connectivity index (χ2v) is 4.68. The Morgan fingerprint density at radius 3 is 2.50 bits per heavy atom. The number of ether oxygens (including phenoxy) is 1. The van der Waals surface area contributed by atoms with Gasteiger partial charge in [-0.25, -0.2) is 4.98 Å². The Hall–Kier alpha value is -1.77. The first kappa shape index (κ1) is 12.7. The number of hydrogen-bond donors (Lipinski definition) is 0. The molecular formula is C15H19NO2. The van der Waals surface area contributed by atoms with Crippen molar-refractivity contribution in [1.82, 2.24) is 4.98 Å². The van der Waals surface area contributed by atoms with E-state index in [1.807, 2.05) is 19.1 Å². The number of nitrogens with zero attached hydrogens (tertiary/aromatic N) is 1. The summed E-state index contributed by atoms with van der Waals surface area (Å²) in [5.74, 6) is 2.33. The molecule has 1 aromatic heterocycles. The van der Waals surface area contributed by atoms with Crippen molar-refractivity contribution in [3.8, 4) is 5.75 Å². The van der Waals surface area contributed by atoms with E-state index in [2.05, 4.69) is 31.0 Å². The molecule has 0 N–H and O–H groups in total. The molecule has 96 valence electrons. The van der Waals surface area contributed by atoms with Crippen LogP contribution in [0.5, 0.6) is 5.75 Å². The van der Waals surface area contributed by atoms with Gasteiger partial charge in [-0.1, -0.05) is 26.0 Å². The van der Waals surface area contributed by atoms with Gasteiger partial charge in [-0.2, -0.15) is 0 Å². The maximum Gasteiger partial charge on any atom is 0.181 e. The van der Waals surface area contributed by atoms with E-state index in [0.717, 1.165) is 23.6 Å². The Morgan fingerprint density at radius 1 is 1.22 bits per heavy atom. The fraction of sp³-hybridized carbons (Fsp3) is 0.400. The highest BCUT2D eigenvalue weighted by Gasteiger charge is 2.04. The van der Waals surface area contributed by atoms with Crippen molar-refractivity contribution in [3.63, 3.8) is 0 Å². The minimum atomic E-state index is 0.553. The standard InChI is InChI=1S/C15H19NO2/c1-11(2)13-4-6-14(7-5-13)17-9-8-15-12(3)18-10-16-15/h4-7,10-11H,8-9H2,1-3H3. The van der Waals surface area contributed by atoms with Crippen molar-refractivity contribution in [2.45, 2.75) is 33.1 Å². The minimum Gasteiger partial charge on any atom is -0.493 e. The average Bonchev–Trinajstić information content (AvgIpc) is 2.76. The molecule has 0 spiro atoms. The Bertz CT molecular complexity index is 485. The quantitative estimate of drug-likeness (QED) is 0.805. The lowest BCUT2D eigenvalue weighted by Crippen LogP contribution is -2.02. The number of benzene rings is 1. The largest absolute Gasteiger partial charge is 0.493 e. The van der Waals surface area contributed by atoms with Gasteiger partial charge < -0.3 is 9.15 Å². The van der Waals surface area contributed by atoms with Crippen LogP contribution in [0.1, 0.15) is 36.8 Å². The third kappa shape index (κ3) is 3.13. The fourth-order valence-electron chi connectivity index (χ4n) is 1.78. The highest BCUT2D eigenvalue weighted by molar-refractivity contribution is 5.28. The van der Waals surface area contributed by atoms with Gasteiger partial charge in [-0.15, -0.1) is 0 Å². The molecule has 2 aromatic rings. The summed E-state index contributed by atoms with van der Waals surface area (Å²) in [5.41, 5.74) is 2.29. The van der Waals surface area contributed by atoms with Crippen LogP contribution >= 0.6 is 0 Å². The molecular weight excluding hydrogens is 226 g/mol. The summed E-state index contributed by atoms with van der Waals surface area (Å²) in [6.45, 7) is 6.90. The SMILES string of the molecule is Cc1ocnc1CCOc1ccc(C(C)C)cc1. The average molecular weight is 245 g/mol. The van der Waals surface area contributed by atoms with Crippen LogP contribution in [0, 0.1) is 6.92 Å². The molecule has 0 unspecified atom stereocenters. The van der Waals surface area contributed by atoms with Gasteiger partial charge in [-0.3, -0.25) is 0 Å². The van der Waals surface area contributed by atoms with E-state index in [4.69, 9.17) is 9.15 Å². The van der Waals surface area contributed by atoms with Crippen molar-refractivity contribution < 1.29 is 9.15 Å². The van der Waals surface area contributed by atoms with E-state index >= 15 is 0 Å². The molecule has 0 aliphatic heterocycles. The predicted molar refractivity (Wildman–Crippen MR) is 71.0 cm³/mol. The first-order valence-electron chi connectivity index (χ1n) is 6.28. The fourth-order valence-corrected chi connectivity index (χ4v) is 1.78. The van der Waals surface area contributed by atoms with E-state index in [1.165, 1.54) is 12.0 Å². The van der Waals surface area contributed by atoms with Crippen molar-refractivity contribution in [3.05, 3.63) is 47.7 Å². The van der Waals surface area contributed by atoms with Gasteiger partial charge in [0, 0.05) is 6.42 Å². The molecule has 3 heteroatoms. The molecule has 1 heterocycles. The van der Waals surface area contributed by atoms with Crippen molar-refractivity contribution >= 4 is 0 Å². The zero-order chi connectivity index (χ0) is 13.0. The maximum absolute atomic E-state index is 5.69. The van der Waals surface area contributed by atoms with Crippen LogP contribution in [0.15, 0.2) is 35.1 Å². The number of rotatable bonds is 5. The topological polar surface area (TPSA) is 35.3 Å². The van der Waals surface area contributed by atoms with Gasteiger partial charge in [0.1, 0.15) is 11.5 Å². The monoisotopic (exact) mass is 245 g/mol. The molecule has 18 heavy (non-hydrogen) atoms. The van der Waals surface area contributed by atoms with E-state index in [0.29, 0.717) is 12.5 Å². The van der Waals surface area contributed by atoms with Crippen molar-refractivity contribution in [2.24, 2.45) is 0 Å². The lowest BCUT2D eigenvalue weighted by molar-refractivity contribution is 0.320. The molecule has 0 amide bonds. The van der Waals surface area contributed by atoms with Crippen LogP contribution in [0.3, 0.4) is 0 Å². The number of hydrogen-bond acceptors (Lipinski definition) is 3. The zero-order valence-corrected chi connectivity index (χ0v) is 11.1. The summed E-state index contributed by atoms with van der Waals surface area (Å²) in [6.07, 6.45) is 2.25. The van der Waals surface area contributed by atoms with Gasteiger partial charge in [0.15, 0.2) is 6.39 Å². The van der Waals surface area contributed by atoms with Gasteiger partial charge >= 0.3 is 0 Å². The third-order valence-electron chi connectivity index (χ3n) is 3.00. The second-order valence-electron chi connectivity index (χ2n) is 4.68. The van der Waals surface area contributed by atoms with Crippen LogP contribution in [0.4, 0.5) is 0 Å². The molecule has 1 aromatic carbocycles. The molecule has 0 atom stereocenters. The summed E-state index contributed by atoms with van der Waals surface area (Å²) in [5, 5.41) is 0. The van der Waals surface area contributed by atoms with E-state index in [-0.39, 0.29) is 0 Å². The number of oxazole rings is 1. The van der Waals surface area contributed by atoms with Gasteiger partial charge in [0.05, 0.1) is 12.3 Å². The summed E-state index contributed by atoms with van der Waals surface area (Å²) in [7, 11) is 0. The Balaban J connectivity index is 1.85. The molecule has 0 aliphatic rings. The molecule has 0 saturated heterocycles. The Morgan fingerprint density at radius 2 is 1.94 bits per heavy atom. The highest BCUT2D eigenvalue weighted by Crippen LogP contribution is 2.18. The van der Waals surface area contributed by atoms with Gasteiger partial charge in [0.25, 0.3) is 0 Å².